The molecule has 0 bridgehead atoms. The van der Waals surface area contributed by atoms with Gasteiger partial charge >= 0.3 is 0 Å². The third kappa shape index (κ3) is 2.54. The van der Waals surface area contributed by atoms with Crippen molar-refractivity contribution in [2.24, 2.45) is 5.73 Å². The molecule has 3 aromatic rings. The number of thiophene rings is 1. The van der Waals surface area contributed by atoms with Gasteiger partial charge in [0, 0.05) is 21.8 Å². The van der Waals surface area contributed by atoms with Crippen LogP contribution in [0.3, 0.4) is 0 Å². The number of ether oxygens (including phenoxy) is 1. The van der Waals surface area contributed by atoms with E-state index < -0.39 is 0 Å². The molecule has 0 atom stereocenters. The number of nitrogens with two attached hydrogens (primary N) is 1. The Morgan fingerprint density at radius 1 is 1.18 bits per heavy atom. The van der Waals surface area contributed by atoms with Crippen LogP contribution in [0.25, 0.3) is 21.4 Å². The molecular weight excluding hydrogens is 292 g/mol. The Labute approximate surface area is 133 Å². The lowest BCUT2D eigenvalue weighted by atomic mass is 10.0. The van der Waals surface area contributed by atoms with Crippen molar-refractivity contribution in [1.29, 1.82) is 0 Å². The highest BCUT2D eigenvalue weighted by atomic mass is 32.1. The van der Waals surface area contributed by atoms with Crippen LogP contribution in [0, 0.1) is 0 Å². The topological polar surface area (TPSA) is 48.1 Å². The van der Waals surface area contributed by atoms with Crippen molar-refractivity contribution >= 4 is 32.8 Å². The van der Waals surface area contributed by atoms with E-state index in [1.165, 1.54) is 11.7 Å². The summed E-state index contributed by atoms with van der Waals surface area (Å²) in [5, 5.41) is 3.23. The van der Waals surface area contributed by atoms with E-state index in [4.69, 9.17) is 4.74 Å². The van der Waals surface area contributed by atoms with Gasteiger partial charge in [-0.25, -0.2) is 0 Å². The number of hydrogen-bond acceptors (Lipinski definition) is 4. The molecule has 110 valence electrons. The Kier molecular flexibility index (Phi) is 4.04. The lowest BCUT2D eigenvalue weighted by molar-refractivity contribution is 0.507. The average Bonchev–Trinajstić information content (AvgIpc) is 3.04. The second kappa shape index (κ2) is 6.13. The highest BCUT2D eigenvalue weighted by molar-refractivity contribution is 7.17. The molecule has 0 saturated heterocycles. The number of hydrogen-bond donors (Lipinski definition) is 1. The fourth-order valence-electron chi connectivity index (χ4n) is 2.32. The second-order valence-corrected chi connectivity index (χ2v) is 5.61. The zero-order valence-electron chi connectivity index (χ0n) is 12.2. The fraction of sp³-hybridized carbons (Fsp3) is 0.0556. The average molecular weight is 308 g/mol. The minimum Gasteiger partial charge on any atom is -0.454 e. The van der Waals surface area contributed by atoms with Crippen LogP contribution in [0.4, 0.5) is 0 Å². The molecule has 22 heavy (non-hydrogen) atoms. The molecule has 0 amide bonds. The number of rotatable bonds is 1. The number of nitrogens with zero attached hydrogens (tertiary/aromatic N) is 1. The Morgan fingerprint density at radius 3 is 2.86 bits per heavy atom. The highest BCUT2D eigenvalue weighted by Gasteiger charge is 2.17. The maximum Gasteiger partial charge on any atom is 0.153 e. The summed E-state index contributed by atoms with van der Waals surface area (Å²) < 4.78 is 7.17. The van der Waals surface area contributed by atoms with E-state index in [1.54, 1.807) is 11.3 Å². The van der Waals surface area contributed by atoms with Crippen molar-refractivity contribution in [1.82, 2.24) is 4.98 Å². The van der Waals surface area contributed by atoms with Crippen molar-refractivity contribution in [2.75, 3.05) is 7.05 Å². The summed E-state index contributed by atoms with van der Waals surface area (Å²) in [4.78, 5) is 4.48. The quantitative estimate of drug-likeness (QED) is 0.728. The maximum atomic E-state index is 5.96. The molecule has 1 aromatic carbocycles. The SMILES string of the molecule is C=C1C=C(c2cc3sccc3cn2)Oc2ccccc21.CN. The Bertz CT molecular complexity index is 864. The van der Waals surface area contributed by atoms with Crippen LogP contribution in [0.15, 0.2) is 60.6 Å². The molecule has 1 aliphatic rings. The van der Waals surface area contributed by atoms with E-state index in [1.807, 2.05) is 36.5 Å². The van der Waals surface area contributed by atoms with Gasteiger partial charge in [0.1, 0.15) is 11.4 Å². The largest absolute Gasteiger partial charge is 0.454 e. The molecule has 2 N–H and O–H groups in total. The summed E-state index contributed by atoms with van der Waals surface area (Å²) in [6.45, 7) is 4.10. The monoisotopic (exact) mass is 308 g/mol. The van der Waals surface area contributed by atoms with Crippen molar-refractivity contribution in [3.63, 3.8) is 0 Å². The van der Waals surface area contributed by atoms with Crippen LogP contribution >= 0.6 is 11.3 Å². The first-order chi connectivity index (χ1) is 10.8. The van der Waals surface area contributed by atoms with Crippen LogP contribution < -0.4 is 10.5 Å². The number of benzene rings is 1. The second-order valence-electron chi connectivity index (χ2n) is 4.66. The van der Waals surface area contributed by atoms with Gasteiger partial charge in [0.25, 0.3) is 0 Å². The zero-order chi connectivity index (χ0) is 15.5. The highest BCUT2D eigenvalue weighted by Crippen LogP contribution is 2.36. The third-order valence-corrected chi connectivity index (χ3v) is 4.23. The Morgan fingerprint density at radius 2 is 2.00 bits per heavy atom. The first-order valence-corrected chi connectivity index (χ1v) is 7.78. The van der Waals surface area contributed by atoms with Gasteiger partial charge in [-0.3, -0.25) is 4.98 Å². The van der Waals surface area contributed by atoms with E-state index in [9.17, 15) is 0 Å². The van der Waals surface area contributed by atoms with Crippen molar-refractivity contribution in [3.8, 4) is 5.75 Å². The molecule has 4 rings (SSSR count). The summed E-state index contributed by atoms with van der Waals surface area (Å²) in [6.07, 6.45) is 3.83. The lowest BCUT2D eigenvalue weighted by Gasteiger charge is -2.19. The molecule has 3 heterocycles. The van der Waals surface area contributed by atoms with Crippen molar-refractivity contribution in [2.45, 2.75) is 0 Å². The first kappa shape index (κ1) is 14.5. The number of aromatic nitrogens is 1. The van der Waals surface area contributed by atoms with Gasteiger partial charge in [-0.05, 0) is 42.3 Å². The van der Waals surface area contributed by atoms with Gasteiger partial charge in [-0.2, -0.15) is 0 Å². The van der Waals surface area contributed by atoms with Crippen LogP contribution in [0.2, 0.25) is 0 Å². The number of allylic oxidation sites excluding steroid dienone is 2. The molecule has 0 unspecified atom stereocenters. The van der Waals surface area contributed by atoms with E-state index in [0.29, 0.717) is 0 Å². The lowest BCUT2D eigenvalue weighted by Crippen LogP contribution is -2.04. The summed E-state index contributed by atoms with van der Waals surface area (Å²) in [5.41, 5.74) is 7.33. The molecule has 0 saturated carbocycles. The predicted octanol–water partition coefficient (Wildman–Crippen LogP) is 4.32. The van der Waals surface area contributed by atoms with Gasteiger partial charge in [-0.15, -0.1) is 11.3 Å². The summed E-state index contributed by atoms with van der Waals surface area (Å²) >= 11 is 1.71. The number of para-hydroxylation sites is 1. The smallest absolute Gasteiger partial charge is 0.153 e. The standard InChI is InChI=1S/C17H11NOS.CH5N/c1-11-8-16(19-15-5-3-2-4-13(11)15)14-9-17-12(10-18-14)6-7-20-17;1-2/h2-10H,1H2;2H2,1H3. The van der Waals surface area contributed by atoms with Crippen molar-refractivity contribution < 1.29 is 4.74 Å². The van der Waals surface area contributed by atoms with Crippen LogP contribution in [-0.2, 0) is 0 Å². The summed E-state index contributed by atoms with van der Waals surface area (Å²) in [6, 6.07) is 12.1. The molecule has 0 radical (unpaired) electrons. The molecule has 0 spiro atoms. The molecule has 3 nitrogen and oxygen atoms in total. The van der Waals surface area contributed by atoms with E-state index in [0.717, 1.165) is 33.7 Å². The predicted molar refractivity (Wildman–Crippen MR) is 93.8 cm³/mol. The van der Waals surface area contributed by atoms with Gasteiger partial charge in [0.2, 0.25) is 0 Å². The van der Waals surface area contributed by atoms with Gasteiger partial charge in [0.05, 0.1) is 0 Å². The molecule has 4 heteroatoms. The Hall–Kier alpha value is -2.43. The van der Waals surface area contributed by atoms with E-state index in [2.05, 4.69) is 34.8 Å². The minimum atomic E-state index is 0.754. The first-order valence-electron chi connectivity index (χ1n) is 6.90. The van der Waals surface area contributed by atoms with Crippen LogP contribution in [0.5, 0.6) is 5.75 Å². The molecule has 2 aromatic heterocycles. The van der Waals surface area contributed by atoms with E-state index >= 15 is 0 Å². The summed E-state index contributed by atoms with van der Waals surface area (Å²) in [5.74, 6) is 1.59. The fourth-order valence-corrected chi connectivity index (χ4v) is 3.12. The van der Waals surface area contributed by atoms with Crippen LogP contribution in [0.1, 0.15) is 11.3 Å². The number of fused-ring (bicyclic) bond motifs is 2. The minimum absolute atomic E-state index is 0.754. The van der Waals surface area contributed by atoms with E-state index in [-0.39, 0.29) is 0 Å². The molecule has 0 fully saturated rings. The Balaban J connectivity index is 0.000000693. The zero-order valence-corrected chi connectivity index (χ0v) is 13.1. The summed E-state index contributed by atoms with van der Waals surface area (Å²) in [7, 11) is 1.50. The van der Waals surface area contributed by atoms with Gasteiger partial charge < -0.3 is 10.5 Å². The number of pyridine rings is 1. The molecule has 0 aliphatic carbocycles. The molecular formula is C18H16N2OS. The maximum absolute atomic E-state index is 5.96. The normalized spacial score (nSPS) is 12.8. The molecule has 1 aliphatic heterocycles. The van der Waals surface area contributed by atoms with Crippen molar-refractivity contribution in [3.05, 3.63) is 71.9 Å². The van der Waals surface area contributed by atoms with Crippen LogP contribution in [-0.4, -0.2) is 12.0 Å². The third-order valence-electron chi connectivity index (χ3n) is 3.35. The van der Waals surface area contributed by atoms with Gasteiger partial charge in [-0.1, -0.05) is 24.8 Å². The van der Waals surface area contributed by atoms with Gasteiger partial charge in [0.15, 0.2) is 5.76 Å².